The average Bonchev–Trinajstić information content (AvgIpc) is 3.24. The number of likely N-dealkylation sites (tertiary alicyclic amines) is 1. The van der Waals surface area contributed by atoms with Crippen LogP contribution >= 0.6 is 11.3 Å². The van der Waals surface area contributed by atoms with Crippen molar-refractivity contribution in [3.8, 4) is 5.75 Å². The van der Waals surface area contributed by atoms with Gasteiger partial charge in [0.15, 0.2) is 0 Å². The molecule has 3 rings (SSSR count). The highest BCUT2D eigenvalue weighted by atomic mass is 32.1. The van der Waals surface area contributed by atoms with Gasteiger partial charge >= 0.3 is 0 Å². The van der Waals surface area contributed by atoms with Crippen molar-refractivity contribution in [3.63, 3.8) is 0 Å². The van der Waals surface area contributed by atoms with E-state index in [0.29, 0.717) is 13.0 Å². The molecule has 1 unspecified atom stereocenters. The van der Waals surface area contributed by atoms with Gasteiger partial charge in [0.2, 0.25) is 0 Å². The number of methoxy groups -OCH3 is 1. The van der Waals surface area contributed by atoms with Crippen molar-refractivity contribution < 1.29 is 23.8 Å². The molecule has 136 valence electrons. The Morgan fingerprint density at radius 3 is 2.73 bits per heavy atom. The molecule has 1 aliphatic heterocycles. The van der Waals surface area contributed by atoms with Crippen LogP contribution in [0.15, 0.2) is 41.3 Å². The number of rotatable bonds is 5. The number of ketones is 1. The summed E-state index contributed by atoms with van der Waals surface area (Å²) >= 11 is 1.39. The SMILES string of the molecule is CCCN1C(=O)C(=O)/C(=C(\O)c2cc(F)ccc2OC)C1c1cccs1. The third-order valence-corrected chi connectivity index (χ3v) is 5.16. The Bertz CT molecular complexity index is 876. The number of nitrogens with zero attached hydrogens (tertiary/aromatic N) is 1. The first kappa shape index (κ1) is 18.1. The maximum atomic E-state index is 13.7. The smallest absolute Gasteiger partial charge is 0.295 e. The molecule has 0 spiro atoms. The minimum atomic E-state index is -0.777. The molecule has 26 heavy (non-hydrogen) atoms. The lowest BCUT2D eigenvalue weighted by atomic mass is 9.99. The first-order valence-corrected chi connectivity index (χ1v) is 9.03. The standard InChI is InChI=1S/C19H18FNO4S/c1-3-8-21-16(14-5-4-9-26-14)15(18(23)19(21)24)17(22)12-10-11(20)6-7-13(12)25-2/h4-7,9-10,16,22H,3,8H2,1-2H3/b17-15-. The molecule has 0 bridgehead atoms. The van der Waals surface area contributed by atoms with E-state index in [1.54, 1.807) is 6.07 Å². The maximum Gasteiger partial charge on any atom is 0.295 e. The topological polar surface area (TPSA) is 66.8 Å². The van der Waals surface area contributed by atoms with Crippen LogP contribution in [0.25, 0.3) is 5.76 Å². The molecular weight excluding hydrogens is 357 g/mol. The third kappa shape index (κ3) is 2.99. The van der Waals surface area contributed by atoms with Crippen molar-refractivity contribution in [1.29, 1.82) is 0 Å². The van der Waals surface area contributed by atoms with Gasteiger partial charge in [-0.1, -0.05) is 13.0 Å². The van der Waals surface area contributed by atoms with E-state index in [9.17, 15) is 19.1 Å². The van der Waals surface area contributed by atoms with E-state index in [0.717, 1.165) is 10.9 Å². The van der Waals surface area contributed by atoms with E-state index in [1.807, 2.05) is 18.4 Å². The molecular formula is C19H18FNO4S. The van der Waals surface area contributed by atoms with E-state index in [4.69, 9.17) is 4.74 Å². The number of hydrogen-bond donors (Lipinski definition) is 1. The summed E-state index contributed by atoms with van der Waals surface area (Å²) in [5.74, 6) is -2.24. The van der Waals surface area contributed by atoms with Gasteiger partial charge in [0.05, 0.1) is 24.3 Å². The molecule has 2 heterocycles. The molecule has 2 aromatic rings. The van der Waals surface area contributed by atoms with Gasteiger partial charge in [0, 0.05) is 11.4 Å². The van der Waals surface area contributed by atoms with E-state index in [-0.39, 0.29) is 16.9 Å². The number of carbonyl (C=O) groups is 2. The molecule has 7 heteroatoms. The van der Waals surface area contributed by atoms with Crippen LogP contribution in [0, 0.1) is 5.82 Å². The minimum Gasteiger partial charge on any atom is -0.507 e. The monoisotopic (exact) mass is 375 g/mol. The Balaban J connectivity index is 2.22. The van der Waals surface area contributed by atoms with Crippen molar-refractivity contribution in [3.05, 3.63) is 57.5 Å². The molecule has 1 aromatic carbocycles. The van der Waals surface area contributed by atoms with Gasteiger partial charge in [0.1, 0.15) is 17.3 Å². The van der Waals surface area contributed by atoms with Gasteiger partial charge in [-0.15, -0.1) is 11.3 Å². The molecule has 1 N–H and O–H groups in total. The van der Waals surface area contributed by atoms with Crippen LogP contribution in [0.4, 0.5) is 4.39 Å². The summed E-state index contributed by atoms with van der Waals surface area (Å²) in [5.41, 5.74) is -0.00152. The lowest BCUT2D eigenvalue weighted by Crippen LogP contribution is -2.30. The Labute approximate surface area is 154 Å². The summed E-state index contributed by atoms with van der Waals surface area (Å²) in [7, 11) is 1.39. The molecule has 1 aliphatic rings. The zero-order valence-corrected chi connectivity index (χ0v) is 15.2. The zero-order valence-electron chi connectivity index (χ0n) is 14.4. The first-order valence-electron chi connectivity index (χ1n) is 8.15. The largest absolute Gasteiger partial charge is 0.507 e. The van der Waals surface area contributed by atoms with Gasteiger partial charge in [-0.25, -0.2) is 4.39 Å². The van der Waals surface area contributed by atoms with E-state index in [1.165, 1.54) is 35.5 Å². The summed E-state index contributed by atoms with van der Waals surface area (Å²) in [5, 5.41) is 12.7. The van der Waals surface area contributed by atoms with Gasteiger partial charge < -0.3 is 14.7 Å². The van der Waals surface area contributed by atoms with Crippen LogP contribution in [0.2, 0.25) is 0 Å². The normalized spacial score (nSPS) is 19.2. The predicted molar refractivity (Wildman–Crippen MR) is 96.6 cm³/mol. The number of ether oxygens (including phenoxy) is 1. The Hall–Kier alpha value is -2.67. The summed E-state index contributed by atoms with van der Waals surface area (Å²) in [6.07, 6.45) is 0.665. The average molecular weight is 375 g/mol. The number of aliphatic hydroxyl groups excluding tert-OH is 1. The minimum absolute atomic E-state index is 0.0450. The lowest BCUT2D eigenvalue weighted by molar-refractivity contribution is -0.139. The second kappa shape index (κ2) is 7.29. The van der Waals surface area contributed by atoms with Crippen molar-refractivity contribution in [2.75, 3.05) is 13.7 Å². The second-order valence-electron chi connectivity index (χ2n) is 5.85. The van der Waals surface area contributed by atoms with E-state index < -0.39 is 29.3 Å². The van der Waals surface area contributed by atoms with Crippen LogP contribution in [-0.2, 0) is 9.59 Å². The van der Waals surface area contributed by atoms with Crippen LogP contribution in [-0.4, -0.2) is 35.4 Å². The van der Waals surface area contributed by atoms with E-state index >= 15 is 0 Å². The third-order valence-electron chi connectivity index (χ3n) is 4.23. The lowest BCUT2D eigenvalue weighted by Gasteiger charge is -2.23. The van der Waals surface area contributed by atoms with Crippen LogP contribution in [0.5, 0.6) is 5.75 Å². The van der Waals surface area contributed by atoms with Crippen molar-refractivity contribution >= 4 is 28.8 Å². The number of thiophene rings is 1. The summed E-state index contributed by atoms with van der Waals surface area (Å²) in [6, 6.07) is 6.58. The highest BCUT2D eigenvalue weighted by molar-refractivity contribution is 7.10. The van der Waals surface area contributed by atoms with Gasteiger partial charge in [-0.05, 0) is 36.1 Å². The highest BCUT2D eigenvalue weighted by Crippen LogP contribution is 2.42. The maximum absolute atomic E-state index is 13.7. The highest BCUT2D eigenvalue weighted by Gasteiger charge is 2.46. The molecule has 0 saturated carbocycles. The van der Waals surface area contributed by atoms with Crippen molar-refractivity contribution in [2.45, 2.75) is 19.4 Å². The molecule has 1 saturated heterocycles. The predicted octanol–water partition coefficient (Wildman–Crippen LogP) is 3.73. The van der Waals surface area contributed by atoms with Gasteiger partial charge in [-0.3, -0.25) is 9.59 Å². The number of halogens is 1. The number of hydrogen-bond acceptors (Lipinski definition) is 5. The Morgan fingerprint density at radius 1 is 1.35 bits per heavy atom. The number of amides is 1. The number of Topliss-reactive ketones (excluding diaryl/α,β-unsaturated/α-hetero) is 1. The summed E-state index contributed by atoms with van der Waals surface area (Å²) < 4.78 is 18.9. The second-order valence-corrected chi connectivity index (χ2v) is 6.83. The number of aliphatic hydroxyl groups is 1. The first-order chi connectivity index (χ1) is 12.5. The van der Waals surface area contributed by atoms with Crippen LogP contribution in [0.1, 0.15) is 29.8 Å². The molecule has 5 nitrogen and oxygen atoms in total. The van der Waals surface area contributed by atoms with E-state index in [2.05, 4.69) is 0 Å². The molecule has 1 amide bonds. The number of carbonyl (C=O) groups excluding carboxylic acids is 2. The van der Waals surface area contributed by atoms with Crippen LogP contribution < -0.4 is 4.74 Å². The summed E-state index contributed by atoms with van der Waals surface area (Å²) in [6.45, 7) is 2.28. The van der Waals surface area contributed by atoms with Crippen molar-refractivity contribution in [1.82, 2.24) is 4.90 Å². The molecule has 0 aliphatic carbocycles. The van der Waals surface area contributed by atoms with Crippen LogP contribution in [0.3, 0.4) is 0 Å². The van der Waals surface area contributed by atoms with Gasteiger partial charge in [-0.2, -0.15) is 0 Å². The molecule has 1 fully saturated rings. The number of benzene rings is 1. The zero-order chi connectivity index (χ0) is 18.8. The fraction of sp³-hybridized carbons (Fsp3) is 0.263. The fourth-order valence-electron chi connectivity index (χ4n) is 3.10. The van der Waals surface area contributed by atoms with Crippen molar-refractivity contribution in [2.24, 2.45) is 0 Å². The molecule has 1 atom stereocenters. The quantitative estimate of drug-likeness (QED) is 0.491. The molecule has 0 radical (unpaired) electrons. The molecule has 1 aromatic heterocycles. The van der Waals surface area contributed by atoms with Gasteiger partial charge in [0.25, 0.3) is 11.7 Å². The Morgan fingerprint density at radius 2 is 2.12 bits per heavy atom. The fourth-order valence-corrected chi connectivity index (χ4v) is 3.95. The Kier molecular flexibility index (Phi) is 5.08. The summed E-state index contributed by atoms with van der Waals surface area (Å²) in [4.78, 5) is 27.4.